The molecule has 4 nitrogen and oxygen atoms in total. The Hall–Kier alpha value is -1.39. The molecule has 2 atom stereocenters. The average molecular weight is 276 g/mol. The second-order valence-electron chi connectivity index (χ2n) is 5.40. The number of carbonyl (C=O) groups excluding carboxylic acids is 1. The van der Waals surface area contributed by atoms with Crippen LogP contribution in [0.25, 0.3) is 0 Å². The maximum atomic E-state index is 12.0. The van der Waals surface area contributed by atoms with E-state index in [-0.39, 0.29) is 18.0 Å². The highest BCUT2D eigenvalue weighted by Gasteiger charge is 2.33. The van der Waals surface area contributed by atoms with Gasteiger partial charge >= 0.3 is 0 Å². The molecule has 1 aliphatic carbocycles. The van der Waals surface area contributed by atoms with Crippen molar-refractivity contribution in [1.29, 1.82) is 0 Å². The zero-order chi connectivity index (χ0) is 14.4. The van der Waals surface area contributed by atoms with Crippen molar-refractivity contribution in [2.24, 2.45) is 5.92 Å². The third kappa shape index (κ3) is 4.32. The summed E-state index contributed by atoms with van der Waals surface area (Å²) in [5.41, 5.74) is 1.27. The van der Waals surface area contributed by atoms with E-state index in [1.165, 1.54) is 18.4 Å². The summed E-state index contributed by atoms with van der Waals surface area (Å²) in [7, 11) is 1.63. The predicted octanol–water partition coefficient (Wildman–Crippen LogP) is 1.88. The lowest BCUT2D eigenvalue weighted by atomic mass is 10.0. The van der Waals surface area contributed by atoms with Crippen LogP contribution in [0.5, 0.6) is 0 Å². The van der Waals surface area contributed by atoms with Crippen molar-refractivity contribution in [2.75, 3.05) is 20.3 Å². The van der Waals surface area contributed by atoms with E-state index in [0.29, 0.717) is 19.1 Å². The van der Waals surface area contributed by atoms with Gasteiger partial charge in [-0.2, -0.15) is 0 Å². The largest absolute Gasteiger partial charge is 0.383 e. The Balaban J connectivity index is 1.90. The number of carbonyl (C=O) groups is 1. The van der Waals surface area contributed by atoms with Gasteiger partial charge in [0.1, 0.15) is 0 Å². The zero-order valence-electron chi connectivity index (χ0n) is 12.3. The molecule has 20 heavy (non-hydrogen) atoms. The molecule has 110 valence electrons. The Kier molecular flexibility index (Phi) is 5.56. The summed E-state index contributed by atoms with van der Waals surface area (Å²) in [4.78, 5) is 12.0. The Morgan fingerprint density at radius 2 is 2.05 bits per heavy atom. The number of amides is 1. The Morgan fingerprint density at radius 3 is 2.65 bits per heavy atom. The summed E-state index contributed by atoms with van der Waals surface area (Å²) in [6.45, 7) is 3.02. The summed E-state index contributed by atoms with van der Waals surface area (Å²) in [6, 6.07) is 10.5. The minimum absolute atomic E-state index is 0.0311. The Bertz CT molecular complexity index is 418. The maximum absolute atomic E-state index is 12.0. The summed E-state index contributed by atoms with van der Waals surface area (Å²) in [5, 5.41) is 6.34. The first kappa shape index (κ1) is 15.0. The number of benzene rings is 1. The van der Waals surface area contributed by atoms with Crippen molar-refractivity contribution < 1.29 is 9.53 Å². The van der Waals surface area contributed by atoms with Crippen molar-refractivity contribution in [3.8, 4) is 0 Å². The second-order valence-corrected chi connectivity index (χ2v) is 5.40. The van der Waals surface area contributed by atoms with Crippen molar-refractivity contribution in [3.05, 3.63) is 35.9 Å². The number of methoxy groups -OCH3 is 1. The molecule has 0 heterocycles. The van der Waals surface area contributed by atoms with Gasteiger partial charge in [0.15, 0.2) is 0 Å². The monoisotopic (exact) mass is 276 g/mol. The first-order chi connectivity index (χ1) is 9.72. The van der Waals surface area contributed by atoms with Gasteiger partial charge in [0, 0.05) is 19.7 Å². The van der Waals surface area contributed by atoms with E-state index >= 15 is 0 Å². The molecule has 2 N–H and O–H groups in total. The van der Waals surface area contributed by atoms with Gasteiger partial charge in [-0.05, 0) is 31.2 Å². The number of hydrogen-bond donors (Lipinski definition) is 2. The molecule has 2 rings (SSSR count). The van der Waals surface area contributed by atoms with E-state index < -0.39 is 0 Å². The van der Waals surface area contributed by atoms with Crippen molar-refractivity contribution in [3.63, 3.8) is 0 Å². The van der Waals surface area contributed by atoms with E-state index in [1.54, 1.807) is 7.11 Å². The van der Waals surface area contributed by atoms with Crippen LogP contribution in [-0.2, 0) is 9.53 Å². The van der Waals surface area contributed by atoms with Gasteiger partial charge < -0.3 is 10.1 Å². The molecule has 1 aromatic carbocycles. The highest BCUT2D eigenvalue weighted by atomic mass is 16.5. The van der Waals surface area contributed by atoms with E-state index in [1.807, 2.05) is 13.0 Å². The molecule has 0 saturated heterocycles. The number of nitrogens with one attached hydrogen (secondary N) is 2. The molecule has 4 heteroatoms. The van der Waals surface area contributed by atoms with E-state index in [4.69, 9.17) is 4.74 Å². The van der Waals surface area contributed by atoms with Crippen LogP contribution in [0.15, 0.2) is 30.3 Å². The fourth-order valence-electron chi connectivity index (χ4n) is 2.37. The lowest BCUT2D eigenvalue weighted by molar-refractivity contribution is -0.123. The van der Waals surface area contributed by atoms with Crippen LogP contribution in [0.3, 0.4) is 0 Å². The maximum Gasteiger partial charge on any atom is 0.236 e. The molecule has 1 aromatic rings. The molecule has 1 aliphatic rings. The molecule has 1 fully saturated rings. The number of rotatable bonds is 8. The van der Waals surface area contributed by atoms with E-state index in [2.05, 4.69) is 34.9 Å². The van der Waals surface area contributed by atoms with Gasteiger partial charge in [-0.15, -0.1) is 0 Å². The first-order valence-electron chi connectivity index (χ1n) is 7.30. The van der Waals surface area contributed by atoms with Crippen molar-refractivity contribution >= 4 is 5.91 Å². The molecule has 1 saturated carbocycles. The van der Waals surface area contributed by atoms with Crippen LogP contribution >= 0.6 is 0 Å². The van der Waals surface area contributed by atoms with Gasteiger partial charge in [-0.25, -0.2) is 0 Å². The molecule has 0 spiro atoms. The van der Waals surface area contributed by atoms with Crippen molar-refractivity contribution in [1.82, 2.24) is 10.6 Å². The van der Waals surface area contributed by atoms with Crippen LogP contribution in [-0.4, -0.2) is 32.2 Å². The predicted molar refractivity (Wildman–Crippen MR) is 79.4 cm³/mol. The topological polar surface area (TPSA) is 50.4 Å². The van der Waals surface area contributed by atoms with Crippen LogP contribution < -0.4 is 10.6 Å². The molecule has 2 unspecified atom stereocenters. The Labute approximate surface area is 120 Å². The van der Waals surface area contributed by atoms with E-state index in [9.17, 15) is 4.79 Å². The van der Waals surface area contributed by atoms with E-state index in [0.717, 1.165) is 0 Å². The normalized spacial score (nSPS) is 17.5. The minimum Gasteiger partial charge on any atom is -0.383 e. The van der Waals surface area contributed by atoms with Crippen LogP contribution in [0.4, 0.5) is 0 Å². The second kappa shape index (κ2) is 7.41. The van der Waals surface area contributed by atoms with Gasteiger partial charge in [-0.3, -0.25) is 10.1 Å². The highest BCUT2D eigenvalue weighted by Crippen LogP contribution is 2.41. The molecule has 0 bridgehead atoms. The standard InChI is InChI=1S/C16H24N2O2/c1-12(16(19)17-10-11-20-2)18-15(14-8-9-14)13-6-4-3-5-7-13/h3-7,12,14-15,18H,8-11H2,1-2H3,(H,17,19). The van der Waals surface area contributed by atoms with Crippen LogP contribution in [0.2, 0.25) is 0 Å². The fourth-order valence-corrected chi connectivity index (χ4v) is 2.37. The molecule has 1 amide bonds. The lowest BCUT2D eigenvalue weighted by Crippen LogP contribution is -2.45. The fraction of sp³-hybridized carbons (Fsp3) is 0.562. The highest BCUT2D eigenvalue weighted by molar-refractivity contribution is 5.81. The third-order valence-corrected chi connectivity index (χ3v) is 3.68. The number of ether oxygens (including phenoxy) is 1. The smallest absolute Gasteiger partial charge is 0.236 e. The Morgan fingerprint density at radius 1 is 1.35 bits per heavy atom. The lowest BCUT2D eigenvalue weighted by Gasteiger charge is -2.23. The molecule has 0 aromatic heterocycles. The quantitative estimate of drug-likeness (QED) is 0.713. The number of hydrogen-bond acceptors (Lipinski definition) is 3. The average Bonchev–Trinajstić information content (AvgIpc) is 3.30. The molecule has 0 aliphatic heterocycles. The summed E-state index contributed by atoms with van der Waals surface area (Å²) in [5.74, 6) is 0.690. The van der Waals surface area contributed by atoms with Gasteiger partial charge in [0.2, 0.25) is 5.91 Å². The SMILES string of the molecule is COCCNC(=O)C(C)NC(c1ccccc1)C1CC1. The van der Waals surface area contributed by atoms with Crippen molar-refractivity contribution in [2.45, 2.75) is 31.8 Å². The molecular formula is C16H24N2O2. The summed E-state index contributed by atoms with van der Waals surface area (Å²) < 4.78 is 4.94. The third-order valence-electron chi connectivity index (χ3n) is 3.68. The van der Waals surface area contributed by atoms with Crippen LogP contribution in [0, 0.1) is 5.92 Å². The van der Waals surface area contributed by atoms with Gasteiger partial charge in [0.25, 0.3) is 0 Å². The molecular weight excluding hydrogens is 252 g/mol. The summed E-state index contributed by atoms with van der Waals surface area (Å²) >= 11 is 0. The van der Waals surface area contributed by atoms with Crippen LogP contribution in [0.1, 0.15) is 31.4 Å². The first-order valence-corrected chi connectivity index (χ1v) is 7.30. The zero-order valence-corrected chi connectivity index (χ0v) is 12.3. The van der Waals surface area contributed by atoms with Gasteiger partial charge in [0.05, 0.1) is 12.6 Å². The van der Waals surface area contributed by atoms with Gasteiger partial charge in [-0.1, -0.05) is 30.3 Å². The minimum atomic E-state index is -0.197. The molecule has 0 radical (unpaired) electrons. The summed E-state index contributed by atoms with van der Waals surface area (Å²) in [6.07, 6.45) is 2.48.